The minimum Gasteiger partial charge on any atom is -0.507 e. The molecule has 2 aliphatic heterocycles. The lowest BCUT2D eigenvalue weighted by Gasteiger charge is -2.30. The molecule has 3 N–H and O–H groups in total. The molecule has 1 spiro atoms. The smallest absolute Gasteiger partial charge is 0.250 e. The van der Waals surface area contributed by atoms with E-state index in [1.165, 1.54) is 6.08 Å². The number of carbonyl (C=O) groups excluding carboxylic acids is 2. The van der Waals surface area contributed by atoms with Gasteiger partial charge < -0.3 is 10.4 Å². The molecule has 0 aromatic heterocycles. The van der Waals surface area contributed by atoms with E-state index in [1.807, 2.05) is 72.8 Å². The molecule has 0 unspecified atom stereocenters. The summed E-state index contributed by atoms with van der Waals surface area (Å²) < 4.78 is 0. The van der Waals surface area contributed by atoms with E-state index in [0.717, 1.165) is 23.2 Å². The first kappa shape index (κ1) is 23.1. The van der Waals surface area contributed by atoms with Crippen LogP contribution >= 0.6 is 0 Å². The molecule has 5 nitrogen and oxygen atoms in total. The van der Waals surface area contributed by atoms with Crippen molar-refractivity contribution in [3.8, 4) is 0 Å². The number of nitrogens with one attached hydrogen (secondary N) is 2. The van der Waals surface area contributed by atoms with Crippen LogP contribution in [0, 0.1) is 11.8 Å². The Morgan fingerprint density at radius 3 is 2.29 bits per heavy atom. The molecule has 0 bridgehead atoms. The first-order valence-electron chi connectivity index (χ1n) is 12.2. The topological polar surface area (TPSA) is 78.4 Å². The Bertz CT molecular complexity index is 1270. The summed E-state index contributed by atoms with van der Waals surface area (Å²) >= 11 is 0. The summed E-state index contributed by atoms with van der Waals surface area (Å²) in [5.41, 5.74) is 1.85. The highest BCUT2D eigenvalue weighted by atomic mass is 16.3. The number of carbonyl (C=O) groups is 2. The van der Waals surface area contributed by atoms with Crippen LogP contribution in [0.3, 0.4) is 0 Å². The van der Waals surface area contributed by atoms with E-state index in [9.17, 15) is 14.7 Å². The highest BCUT2D eigenvalue weighted by Crippen LogP contribution is 2.54. The molecular formula is C30H30N2O3. The maximum Gasteiger partial charge on any atom is 0.250 e. The van der Waals surface area contributed by atoms with E-state index < -0.39 is 11.5 Å². The van der Waals surface area contributed by atoms with Crippen LogP contribution in [0.1, 0.15) is 42.9 Å². The zero-order valence-electron chi connectivity index (χ0n) is 19.9. The molecule has 0 saturated carbocycles. The quantitative estimate of drug-likeness (QED) is 0.335. The molecule has 3 aromatic rings. The molecule has 1 fully saturated rings. The van der Waals surface area contributed by atoms with Gasteiger partial charge in [-0.1, -0.05) is 92.7 Å². The Hall–Kier alpha value is -3.70. The Labute approximate surface area is 205 Å². The van der Waals surface area contributed by atoms with Crippen LogP contribution in [-0.2, 0) is 15.1 Å². The molecule has 178 valence electrons. The van der Waals surface area contributed by atoms with Crippen molar-refractivity contribution in [3.05, 3.63) is 108 Å². The SMILES string of the molecule is CC(C)C[C@H]1N[C@]2(C(=O)Nc3ccccc32)[C@@H](C(=O)/C=C(\O)c2ccccc2)[C@@H]1c1ccccc1. The van der Waals surface area contributed by atoms with Crippen LogP contribution in [0.2, 0.25) is 0 Å². The third kappa shape index (κ3) is 3.96. The molecule has 1 saturated heterocycles. The number of rotatable bonds is 6. The number of benzene rings is 3. The van der Waals surface area contributed by atoms with Crippen molar-refractivity contribution < 1.29 is 14.7 Å². The van der Waals surface area contributed by atoms with Crippen molar-refractivity contribution in [2.45, 2.75) is 37.8 Å². The van der Waals surface area contributed by atoms with Crippen LogP contribution in [0.15, 0.2) is 91.0 Å². The third-order valence-corrected chi connectivity index (χ3v) is 7.20. The number of anilines is 1. The number of fused-ring (bicyclic) bond motifs is 2. The summed E-state index contributed by atoms with van der Waals surface area (Å²) in [6.45, 7) is 4.30. The first-order chi connectivity index (χ1) is 16.9. The zero-order valence-corrected chi connectivity index (χ0v) is 19.9. The van der Waals surface area contributed by atoms with Crippen molar-refractivity contribution in [2.75, 3.05) is 5.32 Å². The number of hydrogen-bond donors (Lipinski definition) is 3. The minimum absolute atomic E-state index is 0.100. The fourth-order valence-corrected chi connectivity index (χ4v) is 5.83. The van der Waals surface area contributed by atoms with E-state index in [4.69, 9.17) is 0 Å². The molecule has 3 aromatic carbocycles. The number of para-hydroxylation sites is 1. The second kappa shape index (κ2) is 9.16. The van der Waals surface area contributed by atoms with Crippen molar-refractivity contribution >= 4 is 23.1 Å². The van der Waals surface area contributed by atoms with Gasteiger partial charge in [0, 0.05) is 34.9 Å². The van der Waals surface area contributed by atoms with E-state index in [-0.39, 0.29) is 29.4 Å². The van der Waals surface area contributed by atoms with Crippen LogP contribution in [0.25, 0.3) is 5.76 Å². The first-order valence-corrected chi connectivity index (χ1v) is 12.2. The van der Waals surface area contributed by atoms with Gasteiger partial charge in [-0.05, 0) is 24.0 Å². The number of hydrogen-bond acceptors (Lipinski definition) is 4. The van der Waals surface area contributed by atoms with Crippen molar-refractivity contribution in [2.24, 2.45) is 11.8 Å². The molecule has 0 radical (unpaired) electrons. The molecule has 2 heterocycles. The Balaban J connectivity index is 1.69. The Morgan fingerprint density at radius 2 is 1.60 bits per heavy atom. The fraction of sp³-hybridized carbons (Fsp3) is 0.267. The number of aliphatic hydroxyl groups is 1. The van der Waals surface area contributed by atoms with Crippen LogP contribution in [-0.4, -0.2) is 22.8 Å². The third-order valence-electron chi connectivity index (χ3n) is 7.20. The summed E-state index contributed by atoms with van der Waals surface area (Å²) in [6.07, 6.45) is 2.10. The lowest BCUT2D eigenvalue weighted by atomic mass is 9.70. The molecule has 35 heavy (non-hydrogen) atoms. The number of amides is 1. The van der Waals surface area contributed by atoms with E-state index in [0.29, 0.717) is 11.5 Å². The van der Waals surface area contributed by atoms with Gasteiger partial charge in [-0.2, -0.15) is 0 Å². The van der Waals surface area contributed by atoms with Gasteiger partial charge in [-0.25, -0.2) is 0 Å². The maximum atomic E-state index is 14.1. The molecule has 4 atom stereocenters. The van der Waals surface area contributed by atoms with Crippen LogP contribution in [0.5, 0.6) is 0 Å². The highest BCUT2D eigenvalue weighted by molar-refractivity contribution is 6.12. The van der Waals surface area contributed by atoms with Gasteiger partial charge >= 0.3 is 0 Å². The van der Waals surface area contributed by atoms with Crippen molar-refractivity contribution in [1.82, 2.24) is 5.32 Å². The molecule has 2 aliphatic rings. The van der Waals surface area contributed by atoms with Gasteiger partial charge in [-0.3, -0.25) is 14.9 Å². The monoisotopic (exact) mass is 466 g/mol. The summed E-state index contributed by atoms with van der Waals surface area (Å²) in [5, 5.41) is 17.5. The molecule has 0 aliphatic carbocycles. The second-order valence-corrected chi connectivity index (χ2v) is 9.90. The Morgan fingerprint density at radius 1 is 0.971 bits per heavy atom. The van der Waals surface area contributed by atoms with E-state index in [1.54, 1.807) is 12.1 Å². The zero-order chi connectivity index (χ0) is 24.6. The lowest BCUT2D eigenvalue weighted by molar-refractivity contribution is -0.129. The fourth-order valence-electron chi connectivity index (χ4n) is 5.83. The summed E-state index contributed by atoms with van der Waals surface area (Å²) in [7, 11) is 0. The highest BCUT2D eigenvalue weighted by Gasteiger charge is 2.63. The molecule has 5 rings (SSSR count). The van der Waals surface area contributed by atoms with Crippen molar-refractivity contribution in [1.29, 1.82) is 0 Å². The summed E-state index contributed by atoms with van der Waals surface area (Å²) in [4.78, 5) is 27.8. The average molecular weight is 467 g/mol. The van der Waals surface area contributed by atoms with Gasteiger partial charge in [0.25, 0.3) is 0 Å². The van der Waals surface area contributed by atoms with Gasteiger partial charge in [-0.15, -0.1) is 0 Å². The molecular weight excluding hydrogens is 436 g/mol. The average Bonchev–Trinajstić information content (AvgIpc) is 3.34. The minimum atomic E-state index is -1.22. The van der Waals surface area contributed by atoms with Crippen LogP contribution in [0.4, 0.5) is 5.69 Å². The second-order valence-electron chi connectivity index (χ2n) is 9.90. The van der Waals surface area contributed by atoms with E-state index in [2.05, 4.69) is 24.5 Å². The summed E-state index contributed by atoms with van der Waals surface area (Å²) in [5.74, 6) is -1.22. The number of aliphatic hydroxyl groups excluding tert-OH is 1. The van der Waals surface area contributed by atoms with E-state index >= 15 is 0 Å². The maximum absolute atomic E-state index is 14.1. The largest absolute Gasteiger partial charge is 0.507 e. The van der Waals surface area contributed by atoms with Gasteiger partial charge in [0.1, 0.15) is 11.3 Å². The standard InChI is InChI=1S/C30H30N2O3/c1-19(2)17-24-27(21-13-7-4-8-14-21)28(26(34)18-25(33)20-11-5-3-6-12-20)30(32-24)22-15-9-10-16-23(22)31-29(30)35/h3-16,18-19,24,27-28,32-33H,17H2,1-2H3,(H,31,35)/b25-18-/t24-,27-,28+,30+/m1/s1. The van der Waals surface area contributed by atoms with Crippen molar-refractivity contribution in [3.63, 3.8) is 0 Å². The van der Waals surface area contributed by atoms with Gasteiger partial charge in [0.2, 0.25) is 5.91 Å². The predicted molar refractivity (Wildman–Crippen MR) is 138 cm³/mol. The van der Waals surface area contributed by atoms with Gasteiger partial charge in [0.15, 0.2) is 5.78 Å². The normalized spacial score (nSPS) is 25.6. The molecule has 1 amide bonds. The molecule has 5 heteroatoms. The van der Waals surface area contributed by atoms with Crippen LogP contribution < -0.4 is 10.6 Å². The van der Waals surface area contributed by atoms with Gasteiger partial charge in [0.05, 0.1) is 5.92 Å². The lowest BCUT2D eigenvalue weighted by Crippen LogP contribution is -2.51. The predicted octanol–water partition coefficient (Wildman–Crippen LogP) is 5.42. The summed E-state index contributed by atoms with van der Waals surface area (Å²) in [6, 6.07) is 26.4. The number of ketones is 1. The number of allylic oxidation sites excluding steroid dienone is 1. The Kier molecular flexibility index (Phi) is 6.03.